The smallest absolute Gasteiger partial charge is 0.244 e. The van der Waals surface area contributed by atoms with Gasteiger partial charge in [-0.2, -0.15) is 4.31 Å². The first kappa shape index (κ1) is 14.1. The van der Waals surface area contributed by atoms with Crippen LogP contribution in [0.25, 0.3) is 0 Å². The SMILES string of the molecule is O=S(=O)(c1cccnc1)N1CCOC(c2cnccn2)C1. The molecule has 1 saturated heterocycles. The van der Waals surface area contributed by atoms with Gasteiger partial charge in [-0.15, -0.1) is 0 Å². The summed E-state index contributed by atoms with van der Waals surface area (Å²) in [5.41, 5.74) is 0.628. The molecule has 0 N–H and O–H groups in total. The van der Waals surface area contributed by atoms with Gasteiger partial charge in [0.1, 0.15) is 11.0 Å². The van der Waals surface area contributed by atoms with E-state index in [4.69, 9.17) is 4.74 Å². The van der Waals surface area contributed by atoms with Crippen LogP contribution in [0, 0.1) is 0 Å². The van der Waals surface area contributed by atoms with E-state index in [-0.39, 0.29) is 11.4 Å². The Morgan fingerprint density at radius 2 is 2.05 bits per heavy atom. The fourth-order valence-electron chi connectivity index (χ4n) is 2.15. The highest BCUT2D eigenvalue weighted by Crippen LogP contribution is 2.24. The van der Waals surface area contributed by atoms with Crippen molar-refractivity contribution in [2.45, 2.75) is 11.0 Å². The largest absolute Gasteiger partial charge is 0.369 e. The third kappa shape index (κ3) is 2.92. The third-order valence-corrected chi connectivity index (χ3v) is 5.06. The van der Waals surface area contributed by atoms with Crippen LogP contribution in [0.1, 0.15) is 11.8 Å². The van der Waals surface area contributed by atoms with E-state index >= 15 is 0 Å². The maximum Gasteiger partial charge on any atom is 0.244 e. The van der Waals surface area contributed by atoms with Crippen molar-refractivity contribution in [3.05, 3.63) is 48.8 Å². The average molecular weight is 306 g/mol. The fraction of sp³-hybridized carbons (Fsp3) is 0.308. The number of pyridine rings is 1. The van der Waals surface area contributed by atoms with E-state index in [9.17, 15) is 8.42 Å². The molecule has 0 aliphatic carbocycles. The van der Waals surface area contributed by atoms with Crippen LogP contribution in [0.15, 0.2) is 48.0 Å². The molecule has 0 saturated carbocycles. The monoisotopic (exact) mass is 306 g/mol. The second-order valence-electron chi connectivity index (χ2n) is 4.54. The highest BCUT2D eigenvalue weighted by atomic mass is 32.2. The second kappa shape index (κ2) is 5.84. The Hall–Kier alpha value is -1.90. The summed E-state index contributed by atoms with van der Waals surface area (Å²) in [6, 6.07) is 3.14. The molecule has 0 amide bonds. The van der Waals surface area contributed by atoms with Gasteiger partial charge in [0.2, 0.25) is 10.0 Å². The minimum atomic E-state index is -3.56. The zero-order valence-corrected chi connectivity index (χ0v) is 12.0. The highest BCUT2D eigenvalue weighted by Gasteiger charge is 2.32. The molecule has 1 aliphatic rings. The van der Waals surface area contributed by atoms with Crippen LogP contribution in [0.2, 0.25) is 0 Å². The molecule has 8 heteroatoms. The van der Waals surface area contributed by atoms with E-state index in [2.05, 4.69) is 15.0 Å². The maximum atomic E-state index is 12.6. The minimum Gasteiger partial charge on any atom is -0.369 e. The molecule has 1 aliphatic heterocycles. The molecule has 0 aromatic carbocycles. The fourth-order valence-corrected chi connectivity index (χ4v) is 3.54. The van der Waals surface area contributed by atoms with Crippen molar-refractivity contribution < 1.29 is 13.2 Å². The lowest BCUT2D eigenvalue weighted by Crippen LogP contribution is -2.42. The van der Waals surface area contributed by atoms with Crippen molar-refractivity contribution in [3.8, 4) is 0 Å². The molecule has 1 atom stereocenters. The number of hydrogen-bond acceptors (Lipinski definition) is 6. The van der Waals surface area contributed by atoms with Gasteiger partial charge in [-0.3, -0.25) is 15.0 Å². The summed E-state index contributed by atoms with van der Waals surface area (Å²) < 4.78 is 32.1. The molecule has 0 spiro atoms. The van der Waals surface area contributed by atoms with E-state index in [1.54, 1.807) is 30.9 Å². The van der Waals surface area contributed by atoms with Gasteiger partial charge in [-0.25, -0.2) is 8.42 Å². The number of hydrogen-bond donors (Lipinski definition) is 0. The summed E-state index contributed by atoms with van der Waals surface area (Å²) in [5, 5.41) is 0. The Labute approximate surface area is 122 Å². The Kier molecular flexibility index (Phi) is 3.91. The quantitative estimate of drug-likeness (QED) is 0.827. The van der Waals surface area contributed by atoms with Gasteiger partial charge in [0.05, 0.1) is 18.5 Å². The van der Waals surface area contributed by atoms with Crippen molar-refractivity contribution in [2.75, 3.05) is 19.7 Å². The molecule has 3 heterocycles. The summed E-state index contributed by atoms with van der Waals surface area (Å²) in [4.78, 5) is 12.2. The molecule has 2 aromatic rings. The average Bonchev–Trinajstić information content (AvgIpc) is 2.57. The lowest BCUT2D eigenvalue weighted by atomic mass is 10.2. The molecule has 110 valence electrons. The Morgan fingerprint density at radius 3 is 2.76 bits per heavy atom. The molecular weight excluding hydrogens is 292 g/mol. The van der Waals surface area contributed by atoms with Crippen LogP contribution in [0.4, 0.5) is 0 Å². The normalized spacial score (nSPS) is 20.3. The van der Waals surface area contributed by atoms with Crippen LogP contribution >= 0.6 is 0 Å². The van der Waals surface area contributed by atoms with Crippen molar-refractivity contribution >= 4 is 10.0 Å². The summed E-state index contributed by atoms with van der Waals surface area (Å²) in [7, 11) is -3.56. The summed E-state index contributed by atoms with van der Waals surface area (Å²) in [6.07, 6.45) is 7.20. The van der Waals surface area contributed by atoms with Gasteiger partial charge in [0, 0.05) is 37.9 Å². The maximum absolute atomic E-state index is 12.6. The van der Waals surface area contributed by atoms with Crippen molar-refractivity contribution in [1.29, 1.82) is 0 Å². The number of rotatable bonds is 3. The van der Waals surface area contributed by atoms with E-state index in [1.165, 1.54) is 16.6 Å². The van der Waals surface area contributed by atoms with E-state index in [0.29, 0.717) is 18.8 Å². The first-order valence-corrected chi connectivity index (χ1v) is 7.89. The molecule has 1 fully saturated rings. The van der Waals surface area contributed by atoms with E-state index in [1.807, 2.05) is 0 Å². The lowest BCUT2D eigenvalue weighted by Gasteiger charge is -2.31. The van der Waals surface area contributed by atoms with Crippen LogP contribution < -0.4 is 0 Å². The van der Waals surface area contributed by atoms with Gasteiger partial charge < -0.3 is 4.74 Å². The number of aromatic nitrogens is 3. The number of ether oxygens (including phenoxy) is 1. The first-order chi connectivity index (χ1) is 10.2. The Bertz CT molecular complexity index is 694. The molecule has 0 bridgehead atoms. The molecule has 7 nitrogen and oxygen atoms in total. The van der Waals surface area contributed by atoms with Crippen LogP contribution in [-0.2, 0) is 14.8 Å². The third-order valence-electron chi connectivity index (χ3n) is 3.21. The van der Waals surface area contributed by atoms with Gasteiger partial charge in [0.15, 0.2) is 0 Å². The minimum absolute atomic E-state index is 0.185. The molecule has 1 unspecified atom stereocenters. The second-order valence-corrected chi connectivity index (χ2v) is 6.48. The summed E-state index contributed by atoms with van der Waals surface area (Å²) in [6.45, 7) is 0.852. The molecular formula is C13H14N4O3S. The van der Waals surface area contributed by atoms with Crippen molar-refractivity contribution in [2.24, 2.45) is 0 Å². The number of morpholine rings is 1. The van der Waals surface area contributed by atoms with Crippen LogP contribution in [0.5, 0.6) is 0 Å². The molecule has 21 heavy (non-hydrogen) atoms. The van der Waals surface area contributed by atoms with Crippen molar-refractivity contribution in [1.82, 2.24) is 19.3 Å². The topological polar surface area (TPSA) is 85.3 Å². The Balaban J connectivity index is 1.84. The van der Waals surface area contributed by atoms with Crippen LogP contribution in [0.3, 0.4) is 0 Å². The van der Waals surface area contributed by atoms with E-state index in [0.717, 1.165) is 0 Å². The Morgan fingerprint density at radius 1 is 1.19 bits per heavy atom. The predicted molar refractivity (Wildman–Crippen MR) is 73.7 cm³/mol. The van der Waals surface area contributed by atoms with Gasteiger partial charge in [-0.05, 0) is 12.1 Å². The zero-order chi connectivity index (χ0) is 14.7. The van der Waals surface area contributed by atoms with E-state index < -0.39 is 16.1 Å². The standard InChI is InChI=1S/C13H14N4O3S/c18-21(19,11-2-1-3-14-8-11)17-6-7-20-13(10-17)12-9-15-4-5-16-12/h1-5,8-9,13H,6-7,10H2. The molecule has 0 radical (unpaired) electrons. The number of nitrogens with zero attached hydrogens (tertiary/aromatic N) is 4. The van der Waals surface area contributed by atoms with Gasteiger partial charge in [-0.1, -0.05) is 0 Å². The lowest BCUT2D eigenvalue weighted by molar-refractivity contribution is -0.00515. The highest BCUT2D eigenvalue weighted by molar-refractivity contribution is 7.89. The van der Waals surface area contributed by atoms with Crippen LogP contribution in [-0.4, -0.2) is 47.4 Å². The predicted octanol–water partition coefficient (Wildman–Crippen LogP) is 0.634. The number of sulfonamides is 1. The molecule has 3 rings (SSSR count). The zero-order valence-electron chi connectivity index (χ0n) is 11.2. The van der Waals surface area contributed by atoms with Gasteiger partial charge in [0.25, 0.3) is 0 Å². The van der Waals surface area contributed by atoms with Crippen molar-refractivity contribution in [3.63, 3.8) is 0 Å². The van der Waals surface area contributed by atoms with Gasteiger partial charge >= 0.3 is 0 Å². The first-order valence-electron chi connectivity index (χ1n) is 6.45. The molecule has 2 aromatic heterocycles. The summed E-state index contributed by atoms with van der Waals surface area (Å²) in [5.74, 6) is 0. The summed E-state index contributed by atoms with van der Waals surface area (Å²) >= 11 is 0.